The van der Waals surface area contributed by atoms with Crippen LogP contribution in [0.1, 0.15) is 31.9 Å². The molecule has 0 aliphatic heterocycles. The molecule has 0 fully saturated rings. The van der Waals surface area contributed by atoms with Crippen LogP contribution in [0.15, 0.2) is 46.1 Å². The van der Waals surface area contributed by atoms with Gasteiger partial charge < -0.3 is 14.3 Å². The van der Waals surface area contributed by atoms with Gasteiger partial charge in [0.05, 0.1) is 24.3 Å². The first-order valence-electron chi connectivity index (χ1n) is 6.20. The minimum Gasteiger partial charge on any atom is -0.472 e. The number of nitrogens with zero attached hydrogens (tertiary/aromatic N) is 1. The summed E-state index contributed by atoms with van der Waals surface area (Å²) in [4.78, 5) is 11.6. The molecule has 0 amide bonds. The zero-order valence-electron chi connectivity index (χ0n) is 10.7. The molecule has 2 aromatic rings. The van der Waals surface area contributed by atoms with Gasteiger partial charge in [-0.25, -0.2) is 0 Å². The van der Waals surface area contributed by atoms with Crippen LogP contribution in [-0.4, -0.2) is 4.57 Å². The van der Waals surface area contributed by atoms with Crippen molar-refractivity contribution in [3.05, 3.63) is 52.8 Å². The van der Waals surface area contributed by atoms with Gasteiger partial charge in [-0.2, -0.15) is 0 Å². The van der Waals surface area contributed by atoms with Crippen LogP contribution in [0.5, 0.6) is 0 Å². The van der Waals surface area contributed by atoms with Crippen LogP contribution in [0.2, 0.25) is 0 Å². The van der Waals surface area contributed by atoms with Crippen LogP contribution in [0.25, 0.3) is 0 Å². The summed E-state index contributed by atoms with van der Waals surface area (Å²) >= 11 is 0. The highest BCUT2D eigenvalue weighted by molar-refractivity contribution is 5.42. The zero-order valence-corrected chi connectivity index (χ0v) is 10.7. The Labute approximate surface area is 106 Å². The maximum atomic E-state index is 11.6. The van der Waals surface area contributed by atoms with Crippen molar-refractivity contribution in [1.29, 1.82) is 0 Å². The fourth-order valence-electron chi connectivity index (χ4n) is 1.89. The molecule has 96 valence electrons. The maximum Gasteiger partial charge on any atom is 0.250 e. The van der Waals surface area contributed by atoms with Crippen molar-refractivity contribution >= 4 is 5.69 Å². The lowest BCUT2D eigenvalue weighted by molar-refractivity contribution is 0.562. The summed E-state index contributed by atoms with van der Waals surface area (Å²) < 4.78 is 6.79. The normalized spacial score (nSPS) is 12.3. The molecule has 0 saturated heterocycles. The number of hydrogen-bond acceptors (Lipinski definition) is 3. The van der Waals surface area contributed by atoms with Gasteiger partial charge in [0, 0.05) is 24.4 Å². The number of nitrogens with one attached hydrogen (secondary N) is 1. The molecule has 2 aromatic heterocycles. The number of aryl methyl sites for hydroxylation is 1. The first kappa shape index (κ1) is 12.5. The van der Waals surface area contributed by atoms with Gasteiger partial charge in [-0.1, -0.05) is 6.92 Å². The highest BCUT2D eigenvalue weighted by Crippen LogP contribution is 2.18. The minimum atomic E-state index is 0.0402. The van der Waals surface area contributed by atoms with Gasteiger partial charge in [-0.15, -0.1) is 0 Å². The van der Waals surface area contributed by atoms with Crippen molar-refractivity contribution in [3.8, 4) is 0 Å². The van der Waals surface area contributed by atoms with Crippen molar-refractivity contribution in [2.45, 2.75) is 32.9 Å². The minimum absolute atomic E-state index is 0.0402. The standard InChI is InChI=1S/C14H18N2O2/c1-3-7-16-9-13(4-5-14(16)17)15-11(2)12-6-8-18-10-12/h4-6,8-11,15H,3,7H2,1-2H3. The number of furan rings is 1. The number of anilines is 1. The highest BCUT2D eigenvalue weighted by atomic mass is 16.3. The molecule has 2 heterocycles. The van der Waals surface area contributed by atoms with Gasteiger partial charge in [-0.3, -0.25) is 4.79 Å². The summed E-state index contributed by atoms with van der Waals surface area (Å²) in [6, 6.07) is 5.49. The molecule has 0 bridgehead atoms. The molecule has 4 heteroatoms. The summed E-state index contributed by atoms with van der Waals surface area (Å²) in [7, 11) is 0. The molecule has 18 heavy (non-hydrogen) atoms. The van der Waals surface area contributed by atoms with Crippen molar-refractivity contribution in [1.82, 2.24) is 4.57 Å². The van der Waals surface area contributed by atoms with E-state index >= 15 is 0 Å². The number of pyridine rings is 1. The van der Waals surface area contributed by atoms with Crippen LogP contribution in [-0.2, 0) is 6.54 Å². The van der Waals surface area contributed by atoms with Gasteiger partial charge in [-0.05, 0) is 25.5 Å². The van der Waals surface area contributed by atoms with Crippen molar-refractivity contribution in [3.63, 3.8) is 0 Å². The average Bonchev–Trinajstić information content (AvgIpc) is 2.87. The molecule has 1 atom stereocenters. The van der Waals surface area contributed by atoms with Gasteiger partial charge in [0.25, 0.3) is 5.56 Å². The van der Waals surface area contributed by atoms with Crippen LogP contribution >= 0.6 is 0 Å². The van der Waals surface area contributed by atoms with E-state index in [-0.39, 0.29) is 11.6 Å². The molecule has 0 aliphatic rings. The van der Waals surface area contributed by atoms with Crippen LogP contribution < -0.4 is 10.9 Å². The third kappa shape index (κ3) is 2.83. The Morgan fingerprint density at radius 1 is 1.39 bits per heavy atom. The van der Waals surface area contributed by atoms with Gasteiger partial charge >= 0.3 is 0 Å². The lowest BCUT2D eigenvalue weighted by atomic mass is 10.2. The first-order chi connectivity index (χ1) is 8.70. The molecule has 0 spiro atoms. The van der Waals surface area contributed by atoms with Gasteiger partial charge in [0.2, 0.25) is 0 Å². The van der Waals surface area contributed by atoms with Gasteiger partial charge in [0.1, 0.15) is 0 Å². The van der Waals surface area contributed by atoms with E-state index in [1.165, 1.54) is 0 Å². The largest absolute Gasteiger partial charge is 0.472 e. The highest BCUT2D eigenvalue weighted by Gasteiger charge is 2.07. The molecule has 0 aromatic carbocycles. The molecular formula is C14H18N2O2. The Kier molecular flexibility index (Phi) is 3.87. The second-order valence-corrected chi connectivity index (χ2v) is 4.37. The quantitative estimate of drug-likeness (QED) is 0.882. The fraction of sp³-hybridized carbons (Fsp3) is 0.357. The predicted octanol–water partition coefficient (Wildman–Crippen LogP) is 3.02. The predicted molar refractivity (Wildman–Crippen MR) is 71.7 cm³/mol. The van der Waals surface area contributed by atoms with Crippen LogP contribution in [0.3, 0.4) is 0 Å². The summed E-state index contributed by atoms with van der Waals surface area (Å²) in [6.45, 7) is 4.86. The fourth-order valence-corrected chi connectivity index (χ4v) is 1.89. The third-order valence-corrected chi connectivity index (χ3v) is 2.87. The van der Waals surface area contributed by atoms with E-state index in [1.807, 2.05) is 18.3 Å². The molecule has 2 rings (SSSR count). The zero-order chi connectivity index (χ0) is 13.0. The first-order valence-corrected chi connectivity index (χ1v) is 6.20. The van der Waals surface area contributed by atoms with E-state index in [2.05, 4.69) is 19.2 Å². The third-order valence-electron chi connectivity index (χ3n) is 2.87. The Morgan fingerprint density at radius 2 is 2.22 bits per heavy atom. The average molecular weight is 246 g/mol. The van der Waals surface area contributed by atoms with Crippen LogP contribution in [0.4, 0.5) is 5.69 Å². The lowest BCUT2D eigenvalue weighted by Crippen LogP contribution is -2.19. The molecule has 1 N–H and O–H groups in total. The van der Waals surface area contributed by atoms with E-state index in [0.29, 0.717) is 0 Å². The molecule has 0 aliphatic carbocycles. The SMILES string of the molecule is CCCn1cc(NC(C)c2ccoc2)ccc1=O. The molecule has 1 unspecified atom stereocenters. The summed E-state index contributed by atoms with van der Waals surface area (Å²) in [5.41, 5.74) is 2.07. The van der Waals surface area contributed by atoms with Gasteiger partial charge in [0.15, 0.2) is 0 Å². The topological polar surface area (TPSA) is 47.2 Å². The molecule has 0 radical (unpaired) electrons. The second-order valence-electron chi connectivity index (χ2n) is 4.37. The molecule has 0 saturated carbocycles. The lowest BCUT2D eigenvalue weighted by Gasteiger charge is -2.14. The van der Waals surface area contributed by atoms with Crippen LogP contribution in [0, 0.1) is 0 Å². The Morgan fingerprint density at radius 3 is 2.89 bits per heavy atom. The van der Waals surface area contributed by atoms with E-state index < -0.39 is 0 Å². The van der Waals surface area contributed by atoms with Crippen molar-refractivity contribution in [2.24, 2.45) is 0 Å². The Balaban J connectivity index is 2.14. The van der Waals surface area contributed by atoms with E-state index in [1.54, 1.807) is 23.2 Å². The summed E-state index contributed by atoms with van der Waals surface area (Å²) in [5, 5.41) is 3.35. The number of aromatic nitrogens is 1. The second kappa shape index (κ2) is 5.58. The van der Waals surface area contributed by atoms with Crippen molar-refractivity contribution < 1.29 is 4.42 Å². The molecular weight excluding hydrogens is 228 g/mol. The number of hydrogen-bond donors (Lipinski definition) is 1. The Hall–Kier alpha value is -1.97. The van der Waals surface area contributed by atoms with E-state index in [0.717, 1.165) is 24.2 Å². The summed E-state index contributed by atoms with van der Waals surface area (Å²) in [6.07, 6.45) is 6.19. The molecule has 4 nitrogen and oxygen atoms in total. The maximum absolute atomic E-state index is 11.6. The summed E-state index contributed by atoms with van der Waals surface area (Å²) in [5.74, 6) is 0. The van der Waals surface area contributed by atoms with Crippen molar-refractivity contribution in [2.75, 3.05) is 5.32 Å². The smallest absolute Gasteiger partial charge is 0.250 e. The van der Waals surface area contributed by atoms with E-state index in [9.17, 15) is 4.79 Å². The van der Waals surface area contributed by atoms with E-state index in [4.69, 9.17) is 4.42 Å². The monoisotopic (exact) mass is 246 g/mol. The Bertz CT molecular complexity index is 543. The number of rotatable bonds is 5.